The Morgan fingerprint density at radius 3 is 2.63 bits per heavy atom. The summed E-state index contributed by atoms with van der Waals surface area (Å²) in [5, 5.41) is 10.2. The number of ether oxygens (including phenoxy) is 1. The van der Waals surface area contributed by atoms with Crippen molar-refractivity contribution in [2.75, 3.05) is 20.2 Å². The van der Waals surface area contributed by atoms with Gasteiger partial charge in [0.1, 0.15) is 6.04 Å². The number of rotatable bonds is 5. The van der Waals surface area contributed by atoms with Gasteiger partial charge in [0.2, 0.25) is 0 Å². The van der Waals surface area contributed by atoms with Crippen LogP contribution < -0.4 is 0 Å². The Kier molecular flexibility index (Phi) is 5.64. The molecule has 110 valence electrons. The first-order valence-corrected chi connectivity index (χ1v) is 7.70. The Morgan fingerprint density at radius 2 is 1.95 bits per heavy atom. The quantitative estimate of drug-likeness (QED) is 0.775. The summed E-state index contributed by atoms with van der Waals surface area (Å²) in [6.45, 7) is 1.53. The average molecular weight is 269 g/mol. The van der Waals surface area contributed by atoms with Gasteiger partial charge in [-0.05, 0) is 31.7 Å². The number of hydrogen-bond donors (Lipinski definition) is 1. The van der Waals surface area contributed by atoms with Crippen LogP contribution in [0.4, 0.5) is 0 Å². The van der Waals surface area contributed by atoms with E-state index in [4.69, 9.17) is 4.74 Å². The van der Waals surface area contributed by atoms with E-state index in [0.717, 1.165) is 32.2 Å². The van der Waals surface area contributed by atoms with E-state index >= 15 is 0 Å². The van der Waals surface area contributed by atoms with E-state index < -0.39 is 0 Å². The molecule has 2 unspecified atom stereocenters. The van der Waals surface area contributed by atoms with Crippen LogP contribution in [0.15, 0.2) is 0 Å². The zero-order valence-electron chi connectivity index (χ0n) is 12.0. The summed E-state index contributed by atoms with van der Waals surface area (Å²) in [4.78, 5) is 13.9. The van der Waals surface area contributed by atoms with Crippen LogP contribution in [0.1, 0.15) is 51.4 Å². The Balaban J connectivity index is 1.82. The van der Waals surface area contributed by atoms with E-state index in [-0.39, 0.29) is 18.1 Å². The van der Waals surface area contributed by atoms with Gasteiger partial charge in [-0.2, -0.15) is 0 Å². The average Bonchev–Trinajstić information content (AvgIpc) is 2.91. The van der Waals surface area contributed by atoms with Crippen molar-refractivity contribution in [3.8, 4) is 0 Å². The summed E-state index contributed by atoms with van der Waals surface area (Å²) in [6, 6.07) is -0.142. The van der Waals surface area contributed by atoms with Gasteiger partial charge in [-0.3, -0.25) is 9.69 Å². The fourth-order valence-electron chi connectivity index (χ4n) is 3.59. The highest BCUT2D eigenvalue weighted by atomic mass is 16.5. The summed E-state index contributed by atoms with van der Waals surface area (Å²) in [5.41, 5.74) is 0. The fourth-order valence-corrected chi connectivity index (χ4v) is 3.59. The van der Waals surface area contributed by atoms with Crippen molar-refractivity contribution in [1.82, 2.24) is 4.90 Å². The first-order valence-electron chi connectivity index (χ1n) is 7.70. The SMILES string of the molecule is COC(=O)C1CCCCN1CC(O)CC1CCCC1. The van der Waals surface area contributed by atoms with E-state index in [1.165, 1.54) is 32.8 Å². The van der Waals surface area contributed by atoms with E-state index in [1.54, 1.807) is 0 Å². The standard InChI is InChI=1S/C15H27NO3/c1-19-15(18)14-8-4-5-9-16(14)11-13(17)10-12-6-2-3-7-12/h12-14,17H,2-11H2,1H3. The highest BCUT2D eigenvalue weighted by molar-refractivity contribution is 5.75. The molecular formula is C15H27NO3. The fraction of sp³-hybridized carbons (Fsp3) is 0.933. The maximum Gasteiger partial charge on any atom is 0.323 e. The molecule has 4 heteroatoms. The third-order valence-corrected chi connectivity index (χ3v) is 4.61. The number of aliphatic hydroxyl groups is 1. The zero-order chi connectivity index (χ0) is 13.7. The van der Waals surface area contributed by atoms with E-state index in [1.807, 2.05) is 0 Å². The lowest BCUT2D eigenvalue weighted by molar-refractivity contribution is -0.149. The normalized spacial score (nSPS) is 27.4. The third kappa shape index (κ3) is 4.18. The molecule has 0 radical (unpaired) electrons. The number of carbonyl (C=O) groups is 1. The molecule has 1 saturated carbocycles. The van der Waals surface area contributed by atoms with E-state index in [0.29, 0.717) is 12.5 Å². The molecule has 1 heterocycles. The lowest BCUT2D eigenvalue weighted by Crippen LogP contribution is -2.48. The number of methoxy groups -OCH3 is 1. The van der Waals surface area contributed by atoms with Gasteiger partial charge in [-0.25, -0.2) is 0 Å². The molecule has 0 aromatic carbocycles. The number of hydrogen-bond acceptors (Lipinski definition) is 4. The molecule has 4 nitrogen and oxygen atoms in total. The van der Waals surface area contributed by atoms with Gasteiger partial charge >= 0.3 is 5.97 Å². The Labute approximate surface area is 116 Å². The highest BCUT2D eigenvalue weighted by Gasteiger charge is 2.31. The van der Waals surface area contributed by atoms with E-state index in [9.17, 15) is 9.90 Å². The molecule has 19 heavy (non-hydrogen) atoms. The monoisotopic (exact) mass is 269 g/mol. The predicted octanol–water partition coefficient (Wildman–Crippen LogP) is 1.96. The third-order valence-electron chi connectivity index (χ3n) is 4.61. The summed E-state index contributed by atoms with van der Waals surface area (Å²) in [6.07, 6.45) is 8.80. The molecule has 1 saturated heterocycles. The van der Waals surface area contributed by atoms with Gasteiger partial charge < -0.3 is 9.84 Å². The molecule has 2 fully saturated rings. The minimum Gasteiger partial charge on any atom is -0.468 e. The van der Waals surface area contributed by atoms with Gasteiger partial charge in [0.15, 0.2) is 0 Å². The number of β-amino-alcohol motifs (C(OH)–C–C–N with tert-alkyl or cyclic N) is 1. The molecule has 0 bridgehead atoms. The van der Waals surface area contributed by atoms with Crippen molar-refractivity contribution in [2.45, 2.75) is 63.5 Å². The topological polar surface area (TPSA) is 49.8 Å². The van der Waals surface area contributed by atoms with Crippen LogP contribution in [0.25, 0.3) is 0 Å². The summed E-state index contributed by atoms with van der Waals surface area (Å²) < 4.78 is 4.87. The van der Waals surface area contributed by atoms with Crippen molar-refractivity contribution in [1.29, 1.82) is 0 Å². The maximum atomic E-state index is 11.8. The Bertz CT molecular complexity index is 289. The van der Waals surface area contributed by atoms with Crippen LogP contribution in [0, 0.1) is 5.92 Å². The second-order valence-corrected chi connectivity index (χ2v) is 6.07. The molecule has 2 rings (SSSR count). The van der Waals surface area contributed by atoms with Crippen LogP contribution in [0.2, 0.25) is 0 Å². The molecule has 2 atom stereocenters. The van der Waals surface area contributed by atoms with Crippen LogP contribution in [0.3, 0.4) is 0 Å². The van der Waals surface area contributed by atoms with Crippen LogP contribution in [-0.2, 0) is 9.53 Å². The lowest BCUT2D eigenvalue weighted by atomic mass is 9.97. The predicted molar refractivity (Wildman–Crippen MR) is 73.8 cm³/mol. The molecule has 0 aromatic heterocycles. The Morgan fingerprint density at radius 1 is 1.26 bits per heavy atom. The molecule has 1 N–H and O–H groups in total. The van der Waals surface area contributed by atoms with Crippen LogP contribution in [-0.4, -0.2) is 48.3 Å². The zero-order valence-corrected chi connectivity index (χ0v) is 12.0. The van der Waals surface area contributed by atoms with Gasteiger partial charge in [0.05, 0.1) is 13.2 Å². The number of nitrogens with zero attached hydrogens (tertiary/aromatic N) is 1. The largest absolute Gasteiger partial charge is 0.468 e. The van der Waals surface area contributed by atoms with Crippen molar-refractivity contribution in [3.63, 3.8) is 0 Å². The van der Waals surface area contributed by atoms with Crippen molar-refractivity contribution in [3.05, 3.63) is 0 Å². The number of esters is 1. The smallest absolute Gasteiger partial charge is 0.323 e. The summed E-state index contributed by atoms with van der Waals surface area (Å²) in [7, 11) is 1.45. The molecule has 1 aliphatic carbocycles. The van der Waals surface area contributed by atoms with Crippen molar-refractivity contribution in [2.24, 2.45) is 5.92 Å². The van der Waals surface area contributed by atoms with Gasteiger partial charge in [0.25, 0.3) is 0 Å². The van der Waals surface area contributed by atoms with Gasteiger partial charge in [-0.1, -0.05) is 32.1 Å². The first kappa shape index (κ1) is 14.8. The first-order chi connectivity index (χ1) is 9.20. The molecule has 0 aromatic rings. The summed E-state index contributed by atoms with van der Waals surface area (Å²) >= 11 is 0. The second-order valence-electron chi connectivity index (χ2n) is 6.07. The highest BCUT2D eigenvalue weighted by Crippen LogP contribution is 2.29. The minimum atomic E-state index is -0.298. The van der Waals surface area contributed by atoms with Crippen LogP contribution >= 0.6 is 0 Å². The number of piperidine rings is 1. The number of carbonyl (C=O) groups excluding carboxylic acids is 1. The van der Waals surface area contributed by atoms with Crippen molar-refractivity contribution >= 4 is 5.97 Å². The van der Waals surface area contributed by atoms with E-state index in [2.05, 4.69) is 4.90 Å². The van der Waals surface area contributed by atoms with Gasteiger partial charge in [-0.15, -0.1) is 0 Å². The molecule has 0 spiro atoms. The molecule has 0 amide bonds. The maximum absolute atomic E-state index is 11.8. The summed E-state index contributed by atoms with van der Waals surface area (Å²) in [5.74, 6) is 0.545. The molecule has 1 aliphatic heterocycles. The van der Waals surface area contributed by atoms with Gasteiger partial charge in [0, 0.05) is 6.54 Å². The number of aliphatic hydroxyl groups excluding tert-OH is 1. The molecule has 2 aliphatic rings. The Hall–Kier alpha value is -0.610. The lowest BCUT2D eigenvalue weighted by Gasteiger charge is -2.35. The number of likely N-dealkylation sites (tertiary alicyclic amines) is 1. The molecular weight excluding hydrogens is 242 g/mol. The second kappa shape index (κ2) is 7.25. The minimum absolute atomic E-state index is 0.142. The van der Waals surface area contributed by atoms with Crippen LogP contribution in [0.5, 0.6) is 0 Å². The van der Waals surface area contributed by atoms with Crippen molar-refractivity contribution < 1.29 is 14.6 Å².